The summed E-state index contributed by atoms with van der Waals surface area (Å²) < 4.78 is 69.3. The van der Waals surface area contributed by atoms with E-state index in [1.54, 1.807) is 25.3 Å². The van der Waals surface area contributed by atoms with Gasteiger partial charge in [-0.05, 0) is 65.6 Å². The van der Waals surface area contributed by atoms with Gasteiger partial charge in [0.15, 0.2) is 0 Å². The van der Waals surface area contributed by atoms with Crippen molar-refractivity contribution in [1.82, 2.24) is 9.71 Å². The van der Waals surface area contributed by atoms with Crippen molar-refractivity contribution in [3.63, 3.8) is 0 Å². The van der Waals surface area contributed by atoms with Crippen LogP contribution in [0.4, 0.5) is 13.2 Å². The van der Waals surface area contributed by atoms with E-state index in [1.165, 1.54) is 36.4 Å². The molecule has 1 heterocycles. The Morgan fingerprint density at radius 2 is 1.70 bits per heavy atom. The van der Waals surface area contributed by atoms with Crippen molar-refractivity contribution in [3.05, 3.63) is 90.1 Å². The highest BCUT2D eigenvalue weighted by atomic mass is 32.2. The van der Waals surface area contributed by atoms with E-state index in [0.29, 0.717) is 16.7 Å². The third-order valence-corrected chi connectivity index (χ3v) is 6.50. The highest BCUT2D eigenvalue weighted by Gasteiger charge is 2.31. The van der Waals surface area contributed by atoms with Crippen LogP contribution in [0.5, 0.6) is 5.75 Å². The highest BCUT2D eigenvalue weighted by Crippen LogP contribution is 2.29. The molecule has 0 saturated heterocycles. The van der Waals surface area contributed by atoms with Crippen molar-refractivity contribution in [1.29, 1.82) is 0 Å². The number of ether oxygens (including phenoxy) is 1. The van der Waals surface area contributed by atoms with E-state index in [2.05, 4.69) is 14.4 Å². The molecular weight excluding hydrogens is 453 g/mol. The quantitative estimate of drug-likeness (QED) is 0.397. The molecule has 0 radical (unpaired) electrons. The smallest absolute Gasteiger partial charge is 0.406 e. The van der Waals surface area contributed by atoms with Crippen LogP contribution in [0.3, 0.4) is 0 Å². The first-order chi connectivity index (χ1) is 15.6. The largest absolute Gasteiger partial charge is 0.573 e. The fourth-order valence-corrected chi connectivity index (χ4v) is 4.62. The predicted octanol–water partition coefficient (Wildman–Crippen LogP) is 5.59. The Hall–Kier alpha value is -3.43. The number of aromatic nitrogens is 1. The molecule has 0 aliphatic rings. The number of para-hydroxylation sites is 1. The average Bonchev–Trinajstić information content (AvgIpc) is 2.77. The number of alkyl halides is 3. The molecule has 0 aliphatic heterocycles. The van der Waals surface area contributed by atoms with Gasteiger partial charge in [-0.25, -0.2) is 13.1 Å². The topological polar surface area (TPSA) is 68.3 Å². The van der Waals surface area contributed by atoms with E-state index in [-0.39, 0.29) is 17.2 Å². The van der Waals surface area contributed by atoms with Gasteiger partial charge >= 0.3 is 6.36 Å². The maximum absolute atomic E-state index is 12.9. The van der Waals surface area contributed by atoms with Gasteiger partial charge in [0.1, 0.15) is 5.75 Å². The van der Waals surface area contributed by atoms with E-state index in [4.69, 9.17) is 0 Å². The van der Waals surface area contributed by atoms with Gasteiger partial charge < -0.3 is 4.74 Å². The van der Waals surface area contributed by atoms with E-state index in [9.17, 15) is 21.6 Å². The van der Waals surface area contributed by atoms with Crippen LogP contribution in [0.1, 0.15) is 11.1 Å². The molecular formula is C24H19F3N2O3S. The van der Waals surface area contributed by atoms with E-state index in [0.717, 1.165) is 16.5 Å². The average molecular weight is 472 g/mol. The van der Waals surface area contributed by atoms with E-state index in [1.807, 2.05) is 24.3 Å². The van der Waals surface area contributed by atoms with Crippen LogP contribution < -0.4 is 9.46 Å². The Kier molecular flexibility index (Phi) is 6.09. The van der Waals surface area contributed by atoms with E-state index >= 15 is 0 Å². The van der Waals surface area contributed by atoms with Gasteiger partial charge in [0.2, 0.25) is 10.0 Å². The number of rotatable bonds is 6. The number of sulfonamides is 1. The minimum Gasteiger partial charge on any atom is -0.406 e. The van der Waals surface area contributed by atoms with Gasteiger partial charge in [-0.2, -0.15) is 0 Å². The molecule has 0 unspecified atom stereocenters. The number of benzene rings is 3. The number of aryl methyl sites for hydroxylation is 1. The Morgan fingerprint density at radius 1 is 0.970 bits per heavy atom. The maximum atomic E-state index is 12.9. The molecule has 0 amide bonds. The Bertz CT molecular complexity index is 1400. The summed E-state index contributed by atoms with van der Waals surface area (Å²) in [6, 6.07) is 19.3. The fraction of sp³-hybridized carbons (Fsp3) is 0.125. The van der Waals surface area contributed by atoms with Crippen molar-refractivity contribution in [2.24, 2.45) is 0 Å². The van der Waals surface area contributed by atoms with Crippen molar-refractivity contribution >= 4 is 20.9 Å². The second-order valence-electron chi connectivity index (χ2n) is 7.36. The molecule has 0 fully saturated rings. The minimum atomic E-state index is -4.76. The van der Waals surface area contributed by atoms with Gasteiger partial charge in [-0.1, -0.05) is 36.4 Å². The van der Waals surface area contributed by atoms with Crippen molar-refractivity contribution in [2.75, 3.05) is 0 Å². The minimum absolute atomic E-state index is 0.0964. The van der Waals surface area contributed by atoms with Gasteiger partial charge in [0, 0.05) is 18.1 Å². The number of nitrogens with zero attached hydrogens (tertiary/aromatic N) is 1. The summed E-state index contributed by atoms with van der Waals surface area (Å²) >= 11 is 0. The summed E-state index contributed by atoms with van der Waals surface area (Å²) in [6.45, 7) is 1.84. The number of hydrogen-bond donors (Lipinski definition) is 1. The second kappa shape index (κ2) is 8.84. The third kappa shape index (κ3) is 5.32. The molecule has 3 aromatic carbocycles. The number of fused-ring (bicyclic) bond motifs is 1. The molecule has 1 N–H and O–H groups in total. The lowest BCUT2D eigenvalue weighted by Crippen LogP contribution is -2.23. The normalized spacial score (nSPS) is 12.1. The van der Waals surface area contributed by atoms with Crippen LogP contribution in [-0.2, 0) is 16.6 Å². The van der Waals surface area contributed by atoms with Crippen LogP contribution in [0.15, 0.2) is 83.9 Å². The Balaban J connectivity index is 1.53. The molecule has 0 spiro atoms. The molecule has 0 atom stereocenters. The molecule has 0 aliphatic carbocycles. The zero-order valence-electron chi connectivity index (χ0n) is 17.4. The standard InChI is InChI=1S/C24H19F3N2O3S/c1-16-14-20(10-11-21(16)17-6-8-19(9-7-17)32-24(25,26)27)33(30,31)29-15-18-12-13-28-23-5-3-2-4-22(18)23/h2-14,29H,15H2,1H3. The van der Waals surface area contributed by atoms with Crippen molar-refractivity contribution in [3.8, 4) is 16.9 Å². The Morgan fingerprint density at radius 3 is 2.39 bits per heavy atom. The van der Waals surface area contributed by atoms with Crippen molar-refractivity contribution in [2.45, 2.75) is 24.7 Å². The first kappa shape index (κ1) is 22.8. The predicted molar refractivity (Wildman–Crippen MR) is 119 cm³/mol. The van der Waals surface area contributed by atoms with Crippen LogP contribution in [0.25, 0.3) is 22.0 Å². The van der Waals surface area contributed by atoms with Crippen LogP contribution in [-0.4, -0.2) is 19.8 Å². The van der Waals surface area contributed by atoms with Gasteiger partial charge in [-0.3, -0.25) is 4.98 Å². The van der Waals surface area contributed by atoms with Gasteiger partial charge in [0.05, 0.1) is 10.4 Å². The maximum Gasteiger partial charge on any atom is 0.573 e. The monoisotopic (exact) mass is 472 g/mol. The van der Waals surface area contributed by atoms with Crippen LogP contribution in [0, 0.1) is 6.92 Å². The molecule has 170 valence electrons. The molecule has 4 aromatic rings. The molecule has 9 heteroatoms. The fourth-order valence-electron chi connectivity index (χ4n) is 3.53. The zero-order valence-corrected chi connectivity index (χ0v) is 18.2. The summed E-state index contributed by atoms with van der Waals surface area (Å²) in [5.74, 6) is -0.323. The van der Waals surface area contributed by atoms with Crippen molar-refractivity contribution < 1.29 is 26.3 Å². The number of nitrogens with one attached hydrogen (secondary N) is 1. The first-order valence-electron chi connectivity index (χ1n) is 9.91. The zero-order chi connectivity index (χ0) is 23.6. The summed E-state index contributed by atoms with van der Waals surface area (Å²) in [6.07, 6.45) is -3.13. The van der Waals surface area contributed by atoms with Gasteiger partial charge in [0.25, 0.3) is 0 Å². The second-order valence-corrected chi connectivity index (χ2v) is 9.13. The van der Waals surface area contributed by atoms with Crippen LogP contribution >= 0.6 is 0 Å². The number of pyridine rings is 1. The molecule has 0 saturated carbocycles. The lowest BCUT2D eigenvalue weighted by Gasteiger charge is -2.13. The van der Waals surface area contributed by atoms with Gasteiger partial charge in [-0.15, -0.1) is 13.2 Å². The summed E-state index contributed by atoms with van der Waals surface area (Å²) in [5.41, 5.74) is 3.59. The lowest BCUT2D eigenvalue weighted by atomic mass is 10.0. The highest BCUT2D eigenvalue weighted by molar-refractivity contribution is 7.89. The molecule has 5 nitrogen and oxygen atoms in total. The lowest BCUT2D eigenvalue weighted by molar-refractivity contribution is -0.274. The Labute approximate surface area is 188 Å². The number of hydrogen-bond acceptors (Lipinski definition) is 4. The number of halogens is 3. The summed E-state index contributed by atoms with van der Waals surface area (Å²) in [5, 5.41) is 0.868. The molecule has 1 aromatic heterocycles. The molecule has 33 heavy (non-hydrogen) atoms. The summed E-state index contributed by atoms with van der Waals surface area (Å²) in [7, 11) is -3.79. The summed E-state index contributed by atoms with van der Waals surface area (Å²) in [4.78, 5) is 4.37. The van der Waals surface area contributed by atoms with E-state index < -0.39 is 16.4 Å². The first-order valence-corrected chi connectivity index (χ1v) is 11.4. The molecule has 0 bridgehead atoms. The van der Waals surface area contributed by atoms with Crippen LogP contribution in [0.2, 0.25) is 0 Å². The SMILES string of the molecule is Cc1cc(S(=O)(=O)NCc2ccnc3ccccc23)ccc1-c1ccc(OC(F)(F)F)cc1. The molecule has 4 rings (SSSR count). The third-order valence-electron chi connectivity index (χ3n) is 5.10.